The van der Waals surface area contributed by atoms with E-state index in [1.807, 2.05) is 6.92 Å². The van der Waals surface area contributed by atoms with Crippen molar-refractivity contribution in [3.05, 3.63) is 12.2 Å². The lowest BCUT2D eigenvalue weighted by Crippen LogP contribution is -2.31. The minimum atomic E-state index is 0.00422. The van der Waals surface area contributed by atoms with Gasteiger partial charge in [-0.25, -0.2) is 0 Å². The van der Waals surface area contributed by atoms with Gasteiger partial charge in [-0.05, 0) is 25.0 Å². The summed E-state index contributed by atoms with van der Waals surface area (Å²) in [6.45, 7) is 6.74. The van der Waals surface area contributed by atoms with Crippen LogP contribution in [0.3, 0.4) is 0 Å². The van der Waals surface area contributed by atoms with Crippen LogP contribution in [0.2, 0.25) is 0 Å². The molecule has 108 valence electrons. The Labute approximate surface area is 127 Å². The number of hydrogen-bond acceptors (Lipinski definition) is 5. The number of ether oxygens (including phenoxy) is 1. The van der Waals surface area contributed by atoms with Crippen LogP contribution in [-0.2, 0) is 14.2 Å². The van der Waals surface area contributed by atoms with Crippen molar-refractivity contribution in [2.75, 3.05) is 12.4 Å². The molecule has 1 aliphatic heterocycles. The Kier molecular flexibility index (Phi) is 9.51. The molecule has 0 aromatic heterocycles. The smallest absolute Gasteiger partial charge is 0.310 e. The van der Waals surface area contributed by atoms with Gasteiger partial charge in [0.15, 0.2) is 5.12 Å². The van der Waals surface area contributed by atoms with Gasteiger partial charge >= 0.3 is 7.20 Å². The second-order valence-electron chi connectivity index (χ2n) is 4.55. The molecule has 1 fully saturated rings. The lowest BCUT2D eigenvalue weighted by molar-refractivity contribution is -0.116. The summed E-state index contributed by atoms with van der Waals surface area (Å²) in [4.78, 5) is 11.6. The van der Waals surface area contributed by atoms with Crippen LogP contribution in [0.1, 0.15) is 32.6 Å². The SMILES string of the molecule is C=C1C[C@H](CC(=O)SCC)O[C@@H](CCOBPS)C1. The van der Waals surface area contributed by atoms with Crippen molar-refractivity contribution >= 4 is 44.0 Å². The van der Waals surface area contributed by atoms with E-state index in [0.29, 0.717) is 27.9 Å². The Morgan fingerprint density at radius 3 is 3.05 bits per heavy atom. The Bertz CT molecular complexity index is 305. The van der Waals surface area contributed by atoms with Crippen molar-refractivity contribution in [1.29, 1.82) is 0 Å². The maximum Gasteiger partial charge on any atom is 0.310 e. The minimum Gasteiger partial charge on any atom is -0.434 e. The summed E-state index contributed by atoms with van der Waals surface area (Å²) in [7, 11) is 1.23. The molecule has 0 aromatic rings. The summed E-state index contributed by atoms with van der Waals surface area (Å²) < 4.78 is 11.4. The van der Waals surface area contributed by atoms with E-state index in [0.717, 1.165) is 25.0 Å². The molecular weight excluding hydrogens is 298 g/mol. The lowest BCUT2D eigenvalue weighted by Gasteiger charge is -2.31. The van der Waals surface area contributed by atoms with Gasteiger partial charge in [0.2, 0.25) is 0 Å². The normalized spacial score (nSPS) is 24.0. The zero-order chi connectivity index (χ0) is 14.1. The molecule has 19 heavy (non-hydrogen) atoms. The zero-order valence-electron chi connectivity index (χ0n) is 11.4. The summed E-state index contributed by atoms with van der Waals surface area (Å²) in [6.07, 6.45) is 3.21. The average molecular weight is 320 g/mol. The highest BCUT2D eigenvalue weighted by Gasteiger charge is 2.26. The highest BCUT2D eigenvalue weighted by Crippen LogP contribution is 2.28. The van der Waals surface area contributed by atoms with Crippen molar-refractivity contribution in [1.82, 2.24) is 0 Å². The predicted octanol–water partition coefficient (Wildman–Crippen LogP) is 2.96. The van der Waals surface area contributed by atoms with Crippen LogP contribution in [0.25, 0.3) is 0 Å². The van der Waals surface area contributed by atoms with Gasteiger partial charge in [-0.1, -0.05) is 38.5 Å². The van der Waals surface area contributed by atoms with Gasteiger partial charge in [0.25, 0.3) is 0 Å². The molecule has 1 unspecified atom stereocenters. The fraction of sp³-hybridized carbons (Fsp3) is 0.750. The van der Waals surface area contributed by atoms with Gasteiger partial charge in [0.05, 0.1) is 12.2 Å². The summed E-state index contributed by atoms with van der Waals surface area (Å²) in [5.74, 6) is 0.828. The van der Waals surface area contributed by atoms with Crippen molar-refractivity contribution in [2.45, 2.75) is 44.8 Å². The Morgan fingerprint density at radius 2 is 2.37 bits per heavy atom. The number of carbonyl (C=O) groups is 1. The van der Waals surface area contributed by atoms with Gasteiger partial charge < -0.3 is 9.39 Å². The van der Waals surface area contributed by atoms with Crippen molar-refractivity contribution in [3.63, 3.8) is 0 Å². The van der Waals surface area contributed by atoms with Crippen molar-refractivity contribution in [2.24, 2.45) is 0 Å². The molecule has 0 spiro atoms. The summed E-state index contributed by atoms with van der Waals surface area (Å²) in [6, 6.07) is 0. The number of thioether (sulfide) groups is 1. The number of carbonyl (C=O) groups excluding carboxylic acids is 1. The maximum absolute atomic E-state index is 11.6. The number of thiol groups is 1. The van der Waals surface area contributed by atoms with E-state index in [-0.39, 0.29) is 17.3 Å². The van der Waals surface area contributed by atoms with E-state index in [9.17, 15) is 4.79 Å². The van der Waals surface area contributed by atoms with Crippen LogP contribution in [0, 0.1) is 0 Å². The van der Waals surface area contributed by atoms with E-state index < -0.39 is 0 Å². The molecule has 0 amide bonds. The summed E-state index contributed by atoms with van der Waals surface area (Å²) in [5, 5.41) is 0.216. The highest BCUT2D eigenvalue weighted by atomic mass is 32.7. The topological polar surface area (TPSA) is 35.5 Å². The second-order valence-corrected chi connectivity index (χ2v) is 7.42. The van der Waals surface area contributed by atoms with Crippen LogP contribution in [0.5, 0.6) is 0 Å². The van der Waals surface area contributed by atoms with Gasteiger partial charge in [-0.15, -0.1) is 0 Å². The summed E-state index contributed by atoms with van der Waals surface area (Å²) in [5.41, 5.74) is 1.19. The van der Waals surface area contributed by atoms with Gasteiger partial charge in [0, 0.05) is 13.0 Å². The van der Waals surface area contributed by atoms with E-state index in [4.69, 9.17) is 9.39 Å². The van der Waals surface area contributed by atoms with Crippen molar-refractivity contribution in [3.8, 4) is 0 Å². The van der Waals surface area contributed by atoms with Gasteiger partial charge in [-0.2, -0.15) is 12.2 Å². The molecule has 0 saturated carbocycles. The maximum atomic E-state index is 11.6. The third-order valence-corrected chi connectivity index (χ3v) is 4.37. The second kappa shape index (κ2) is 10.3. The Balaban J connectivity index is 2.31. The van der Waals surface area contributed by atoms with E-state index in [2.05, 4.69) is 18.8 Å². The fourth-order valence-corrected chi connectivity index (χ4v) is 3.26. The largest absolute Gasteiger partial charge is 0.434 e. The lowest BCUT2D eigenvalue weighted by atomic mass is 9.96. The first-order valence-electron chi connectivity index (χ1n) is 6.58. The van der Waals surface area contributed by atoms with Gasteiger partial charge in [-0.3, -0.25) is 4.79 Å². The van der Waals surface area contributed by atoms with Crippen LogP contribution < -0.4 is 0 Å². The molecule has 7 heteroatoms. The molecule has 0 bridgehead atoms. The van der Waals surface area contributed by atoms with Crippen molar-refractivity contribution < 1.29 is 14.2 Å². The van der Waals surface area contributed by atoms with Crippen LogP contribution in [0.4, 0.5) is 0 Å². The monoisotopic (exact) mass is 320 g/mol. The first-order chi connectivity index (χ1) is 9.15. The standard InChI is InChI=1S/C12H22BO3PS2/c1-3-19-12(14)8-11-7-9(2)6-10(16-11)4-5-15-13-17-18/h10-11,13,17-18H,2-8H2,1H3/t10-,11+/m0/s1. The summed E-state index contributed by atoms with van der Waals surface area (Å²) >= 11 is 5.50. The average Bonchev–Trinajstić information content (AvgIpc) is 2.34. The molecule has 0 radical (unpaired) electrons. The predicted molar refractivity (Wildman–Crippen MR) is 89.8 cm³/mol. The Hall–Kier alpha value is 0.525. The third kappa shape index (κ3) is 7.76. The van der Waals surface area contributed by atoms with Crippen LogP contribution in [-0.4, -0.2) is 36.9 Å². The number of hydrogen-bond donors (Lipinski definition) is 1. The third-order valence-electron chi connectivity index (χ3n) is 2.87. The van der Waals surface area contributed by atoms with Crippen LogP contribution >= 0.6 is 31.7 Å². The molecule has 0 N–H and O–H groups in total. The van der Waals surface area contributed by atoms with E-state index >= 15 is 0 Å². The number of rotatable bonds is 8. The highest BCUT2D eigenvalue weighted by molar-refractivity contribution is 8.46. The van der Waals surface area contributed by atoms with E-state index in [1.165, 1.54) is 17.3 Å². The zero-order valence-corrected chi connectivity index (χ0v) is 14.1. The molecule has 1 aliphatic rings. The van der Waals surface area contributed by atoms with Gasteiger partial charge in [0.1, 0.15) is 0 Å². The minimum absolute atomic E-state index is 0.00422. The molecule has 3 atom stereocenters. The fourth-order valence-electron chi connectivity index (χ4n) is 2.12. The quantitative estimate of drug-likeness (QED) is 0.245. The molecule has 1 heterocycles. The van der Waals surface area contributed by atoms with Crippen LogP contribution in [0.15, 0.2) is 12.2 Å². The first kappa shape index (κ1) is 17.6. The molecule has 0 aliphatic carbocycles. The molecular formula is C12H22BO3PS2. The molecule has 0 aromatic carbocycles. The van der Waals surface area contributed by atoms with E-state index in [1.54, 1.807) is 0 Å². The molecule has 3 nitrogen and oxygen atoms in total. The first-order valence-corrected chi connectivity index (χ1v) is 10.1. The molecule has 1 saturated heterocycles. The molecule has 1 rings (SSSR count). The Morgan fingerprint density at radius 1 is 1.63 bits per heavy atom.